The van der Waals surface area contributed by atoms with Crippen molar-refractivity contribution in [1.29, 1.82) is 0 Å². The number of hydrogen-bond donors (Lipinski definition) is 3. The average molecular weight is 457 g/mol. The summed E-state index contributed by atoms with van der Waals surface area (Å²) >= 11 is 6.22. The number of azo groups is 1. The van der Waals surface area contributed by atoms with Crippen molar-refractivity contribution >= 4 is 47.4 Å². The molecule has 30 heavy (non-hydrogen) atoms. The van der Waals surface area contributed by atoms with Crippen molar-refractivity contribution in [2.24, 2.45) is 10.2 Å². The van der Waals surface area contributed by atoms with Gasteiger partial charge in [-0.3, -0.25) is 0 Å². The zero-order valence-electron chi connectivity index (χ0n) is 16.3. The van der Waals surface area contributed by atoms with Gasteiger partial charge in [0.2, 0.25) is 0 Å². The number of nitrogens with one attached hydrogen (secondary N) is 1. The van der Waals surface area contributed by atoms with Gasteiger partial charge < -0.3 is 25.2 Å². The minimum absolute atomic E-state index is 0. The molecule has 0 unspecified atom stereocenters. The smallest absolute Gasteiger partial charge is 0.409 e. The Hall–Kier alpha value is -2.88. The molecular formula is C19H22Cl2N4O5. The lowest BCUT2D eigenvalue weighted by Gasteiger charge is -2.16. The number of ether oxygens (including phenoxy) is 1. The lowest BCUT2D eigenvalue weighted by atomic mass is 10.2. The highest BCUT2D eigenvalue weighted by Crippen LogP contribution is 2.27. The Labute approximate surface area is 184 Å². The molecule has 0 bridgehead atoms. The first-order valence-electron chi connectivity index (χ1n) is 8.60. The minimum atomic E-state index is -1.27. The third-order valence-corrected chi connectivity index (χ3v) is 4.24. The molecule has 0 saturated heterocycles. The summed E-state index contributed by atoms with van der Waals surface area (Å²) in [6.07, 6.45) is -0.457. The number of carbonyl (C=O) groups excluding carboxylic acids is 1. The van der Waals surface area contributed by atoms with E-state index < -0.39 is 12.1 Å². The second-order valence-corrected chi connectivity index (χ2v) is 6.47. The predicted octanol–water partition coefficient (Wildman–Crippen LogP) is 4.37. The van der Waals surface area contributed by atoms with E-state index in [1.807, 2.05) is 0 Å². The van der Waals surface area contributed by atoms with E-state index in [0.717, 1.165) is 0 Å². The van der Waals surface area contributed by atoms with Crippen molar-refractivity contribution in [3.05, 3.63) is 52.5 Å². The fraction of sp³-hybridized carbons (Fsp3) is 0.263. The second kappa shape index (κ2) is 12.0. The van der Waals surface area contributed by atoms with Gasteiger partial charge in [-0.1, -0.05) is 17.7 Å². The summed E-state index contributed by atoms with van der Waals surface area (Å²) in [6.45, 7) is 1.18. The first kappa shape index (κ1) is 25.2. The molecule has 0 fully saturated rings. The minimum Gasteiger partial charge on any atom is -0.507 e. The maximum absolute atomic E-state index is 11.9. The van der Waals surface area contributed by atoms with Crippen molar-refractivity contribution in [3.8, 4) is 5.75 Å². The number of aromatic carboxylic acids is 1. The van der Waals surface area contributed by atoms with Crippen molar-refractivity contribution < 1.29 is 24.5 Å². The maximum Gasteiger partial charge on any atom is 0.409 e. The predicted molar refractivity (Wildman–Crippen MR) is 115 cm³/mol. The molecule has 162 valence electrons. The van der Waals surface area contributed by atoms with Crippen LogP contribution in [0.25, 0.3) is 0 Å². The Kier molecular flexibility index (Phi) is 10.0. The van der Waals surface area contributed by atoms with Crippen molar-refractivity contribution in [1.82, 2.24) is 10.2 Å². The zero-order valence-corrected chi connectivity index (χ0v) is 17.9. The van der Waals surface area contributed by atoms with Crippen LogP contribution in [0, 0.1) is 0 Å². The third-order valence-electron chi connectivity index (χ3n) is 3.89. The molecule has 2 rings (SSSR count). The molecule has 11 heteroatoms. The van der Waals surface area contributed by atoms with Crippen LogP contribution >= 0.6 is 24.0 Å². The van der Waals surface area contributed by atoms with Crippen LogP contribution in [-0.4, -0.2) is 54.4 Å². The van der Waals surface area contributed by atoms with Crippen LogP contribution in [0.15, 0.2) is 46.6 Å². The number of likely N-dealkylation sites (N-methyl/N-ethyl adjacent to an activating group) is 2. The van der Waals surface area contributed by atoms with Gasteiger partial charge in [0.15, 0.2) is 0 Å². The number of carboxylic acids is 1. The van der Waals surface area contributed by atoms with Gasteiger partial charge in [-0.15, -0.1) is 12.4 Å². The van der Waals surface area contributed by atoms with Crippen molar-refractivity contribution in [3.63, 3.8) is 0 Å². The summed E-state index contributed by atoms with van der Waals surface area (Å²) in [7, 11) is 3.44. The van der Waals surface area contributed by atoms with Crippen molar-refractivity contribution in [2.75, 3.05) is 27.2 Å². The molecule has 0 atom stereocenters. The van der Waals surface area contributed by atoms with Gasteiger partial charge in [-0.05, 0) is 37.4 Å². The zero-order chi connectivity index (χ0) is 21.4. The molecule has 0 aromatic heterocycles. The monoisotopic (exact) mass is 456 g/mol. The Balaban J connectivity index is 0.00000450. The fourth-order valence-corrected chi connectivity index (χ4v) is 2.44. The van der Waals surface area contributed by atoms with Gasteiger partial charge in [0.25, 0.3) is 0 Å². The summed E-state index contributed by atoms with van der Waals surface area (Å²) in [5.74, 6) is -1.62. The molecule has 0 saturated carbocycles. The largest absolute Gasteiger partial charge is 0.507 e. The topological polar surface area (TPSA) is 124 Å². The van der Waals surface area contributed by atoms with E-state index in [1.54, 1.807) is 32.3 Å². The lowest BCUT2D eigenvalue weighted by molar-refractivity contribution is 0.0693. The van der Waals surface area contributed by atoms with Crippen LogP contribution in [0.3, 0.4) is 0 Å². The van der Waals surface area contributed by atoms with E-state index in [4.69, 9.17) is 21.4 Å². The molecule has 2 aromatic rings. The first-order chi connectivity index (χ1) is 13.8. The number of carboxylic acid groups (broad SMARTS) is 1. The molecule has 0 aliphatic rings. The first-order valence-corrected chi connectivity index (χ1v) is 8.98. The van der Waals surface area contributed by atoms with Crippen LogP contribution < -0.4 is 5.32 Å². The summed E-state index contributed by atoms with van der Waals surface area (Å²) in [5, 5.41) is 29.8. The highest BCUT2D eigenvalue weighted by molar-refractivity contribution is 6.31. The molecule has 0 aliphatic heterocycles. The molecule has 0 heterocycles. The van der Waals surface area contributed by atoms with Crippen molar-refractivity contribution in [2.45, 2.75) is 6.61 Å². The Morgan fingerprint density at radius 2 is 1.80 bits per heavy atom. The maximum atomic E-state index is 11.9. The SMILES string of the molecule is CNCCN(C)C(=O)OCc1ccc(/N=N/c2ccc(O)c(C(=O)O)c2)cc1Cl.Cl. The molecule has 0 aliphatic carbocycles. The molecule has 1 amide bonds. The molecule has 0 spiro atoms. The quantitative estimate of drug-likeness (QED) is 0.506. The van der Waals surface area contributed by atoms with Gasteiger partial charge in [0.1, 0.15) is 17.9 Å². The lowest BCUT2D eigenvalue weighted by Crippen LogP contribution is -2.33. The molecule has 0 radical (unpaired) electrons. The summed E-state index contributed by atoms with van der Waals surface area (Å²) < 4.78 is 5.23. The summed E-state index contributed by atoms with van der Waals surface area (Å²) in [6, 6.07) is 8.73. The van der Waals surface area contributed by atoms with Gasteiger partial charge in [0.05, 0.1) is 11.4 Å². The molecular weight excluding hydrogens is 435 g/mol. The van der Waals surface area contributed by atoms with Crippen LogP contribution in [0.4, 0.5) is 16.2 Å². The van der Waals surface area contributed by atoms with E-state index in [9.17, 15) is 14.7 Å². The third kappa shape index (κ3) is 7.18. The van der Waals surface area contributed by atoms with E-state index in [1.165, 1.54) is 23.1 Å². The number of carbonyl (C=O) groups is 2. The number of nitrogens with zero attached hydrogens (tertiary/aromatic N) is 3. The highest BCUT2D eigenvalue weighted by atomic mass is 35.5. The van der Waals surface area contributed by atoms with E-state index in [2.05, 4.69) is 15.5 Å². The Morgan fingerprint density at radius 3 is 2.40 bits per heavy atom. The van der Waals surface area contributed by atoms with Gasteiger partial charge in [-0.25, -0.2) is 9.59 Å². The number of hydrogen-bond acceptors (Lipinski definition) is 7. The second-order valence-electron chi connectivity index (χ2n) is 6.06. The van der Waals surface area contributed by atoms with E-state index >= 15 is 0 Å². The standard InChI is InChI=1S/C19H21ClN4O5.ClH/c1-21-7-8-24(2)19(28)29-11-12-3-4-14(10-16(12)20)23-22-13-5-6-17(25)15(9-13)18(26)27;/h3-6,9-10,21,25H,7-8,11H2,1-2H3,(H,26,27);1H/b23-22+;. The number of halogens is 2. The van der Waals surface area contributed by atoms with Crippen LogP contribution in [0.5, 0.6) is 5.75 Å². The molecule has 2 aromatic carbocycles. The molecule has 3 N–H and O–H groups in total. The van der Waals surface area contributed by atoms with Crippen LogP contribution in [-0.2, 0) is 11.3 Å². The Bertz CT molecular complexity index is 924. The number of benzene rings is 2. The van der Waals surface area contributed by atoms with E-state index in [-0.39, 0.29) is 36.0 Å². The number of rotatable bonds is 8. The van der Waals surface area contributed by atoms with Gasteiger partial charge in [-0.2, -0.15) is 10.2 Å². The number of phenols is 1. The van der Waals surface area contributed by atoms with Crippen LogP contribution in [0.1, 0.15) is 15.9 Å². The number of amides is 1. The van der Waals surface area contributed by atoms with Gasteiger partial charge >= 0.3 is 12.1 Å². The van der Waals surface area contributed by atoms with Gasteiger partial charge in [0, 0.05) is 30.7 Å². The molecule has 9 nitrogen and oxygen atoms in total. The average Bonchev–Trinajstić information content (AvgIpc) is 2.70. The highest BCUT2D eigenvalue weighted by Gasteiger charge is 2.12. The van der Waals surface area contributed by atoms with Crippen LogP contribution in [0.2, 0.25) is 5.02 Å². The summed E-state index contributed by atoms with van der Waals surface area (Å²) in [5.41, 5.74) is 1.04. The normalized spacial score (nSPS) is 10.5. The number of aromatic hydroxyl groups is 1. The fourth-order valence-electron chi connectivity index (χ4n) is 2.21. The van der Waals surface area contributed by atoms with E-state index in [0.29, 0.717) is 29.4 Å². The Morgan fingerprint density at radius 1 is 1.17 bits per heavy atom. The summed E-state index contributed by atoms with van der Waals surface area (Å²) in [4.78, 5) is 24.4.